The van der Waals surface area contributed by atoms with Crippen LogP contribution in [0.2, 0.25) is 0 Å². The summed E-state index contributed by atoms with van der Waals surface area (Å²) in [5.41, 5.74) is -0.442. The van der Waals surface area contributed by atoms with Crippen LogP contribution in [0, 0.1) is 21.4 Å². The molecule has 0 radical (unpaired) electrons. The Bertz CT molecular complexity index is 1420. The number of Topliss-reactive ketones (excluding diaryl/α,β-unsaturated/α-hetero) is 1. The number of nitrogens with one attached hydrogen (secondary N) is 1. The van der Waals surface area contributed by atoms with Gasteiger partial charge in [-0.2, -0.15) is 18.3 Å². The van der Waals surface area contributed by atoms with E-state index < -0.39 is 28.0 Å². The van der Waals surface area contributed by atoms with E-state index >= 15 is 0 Å². The third-order valence-corrected chi connectivity index (χ3v) is 6.36. The van der Waals surface area contributed by atoms with Crippen molar-refractivity contribution in [3.05, 3.63) is 75.0 Å². The van der Waals surface area contributed by atoms with Crippen LogP contribution in [0.5, 0.6) is 0 Å². The van der Waals surface area contributed by atoms with Crippen LogP contribution in [-0.4, -0.2) is 32.9 Å². The maximum absolute atomic E-state index is 13.2. The van der Waals surface area contributed by atoms with Crippen molar-refractivity contribution in [2.75, 3.05) is 6.54 Å². The summed E-state index contributed by atoms with van der Waals surface area (Å²) in [6.45, 7) is 8.02. The Balaban J connectivity index is 1.88. The number of alkyl halides is 3. The fraction of sp³-hybridized carbons (Fsp3) is 0.370. The topological polar surface area (TPSA) is 107 Å². The maximum Gasteiger partial charge on any atom is 0.416 e. The van der Waals surface area contributed by atoms with Gasteiger partial charge in [0.05, 0.1) is 21.7 Å². The molecule has 200 valence electrons. The second-order valence-corrected chi connectivity index (χ2v) is 10.7. The van der Waals surface area contributed by atoms with Crippen molar-refractivity contribution in [2.24, 2.45) is 11.3 Å². The molecule has 0 bridgehead atoms. The van der Waals surface area contributed by atoms with Gasteiger partial charge in [-0.05, 0) is 42.0 Å². The molecule has 0 atom stereocenters. The molecule has 0 fully saturated rings. The molecule has 2 aromatic carbocycles. The number of carbonyl (C=O) groups is 2. The predicted molar refractivity (Wildman–Crippen MR) is 134 cm³/mol. The zero-order chi connectivity index (χ0) is 28.0. The lowest BCUT2D eigenvalue weighted by Gasteiger charge is -2.29. The van der Waals surface area contributed by atoms with Gasteiger partial charge in [0.1, 0.15) is 11.4 Å². The highest BCUT2D eigenvalue weighted by atomic mass is 19.4. The van der Waals surface area contributed by atoms with Crippen molar-refractivity contribution in [1.82, 2.24) is 15.1 Å². The van der Waals surface area contributed by atoms with Crippen molar-refractivity contribution < 1.29 is 27.7 Å². The standard InChI is InChI=1S/C27H27F3N4O4/c1-15(2)14-31-25(36)17-7-10-19(20(11-17)34(37)38)33-21-12-26(3,4)13-22(35)23(21)24(32-33)16-5-8-18(9-6-16)27(28,29)30/h5-11,15H,12-14H2,1-4H3,(H,31,36). The van der Waals surface area contributed by atoms with Crippen LogP contribution in [0.15, 0.2) is 42.5 Å². The maximum atomic E-state index is 13.2. The van der Waals surface area contributed by atoms with Crippen LogP contribution < -0.4 is 5.32 Å². The highest BCUT2D eigenvalue weighted by Crippen LogP contribution is 2.41. The van der Waals surface area contributed by atoms with Gasteiger partial charge in [-0.1, -0.05) is 39.8 Å². The number of nitro groups is 1. The number of carbonyl (C=O) groups excluding carboxylic acids is 2. The number of hydrogen-bond acceptors (Lipinski definition) is 5. The lowest BCUT2D eigenvalue weighted by atomic mass is 9.75. The smallest absolute Gasteiger partial charge is 0.352 e. The third kappa shape index (κ3) is 5.32. The van der Waals surface area contributed by atoms with Crippen molar-refractivity contribution in [3.8, 4) is 16.9 Å². The average molecular weight is 529 g/mol. The molecule has 8 nitrogen and oxygen atoms in total. The van der Waals surface area contributed by atoms with Gasteiger partial charge in [0.25, 0.3) is 11.6 Å². The molecule has 0 saturated heterocycles. The fourth-order valence-electron chi connectivity index (χ4n) is 4.56. The van der Waals surface area contributed by atoms with Gasteiger partial charge in [-0.25, -0.2) is 4.68 Å². The fourth-order valence-corrected chi connectivity index (χ4v) is 4.56. The van der Waals surface area contributed by atoms with Crippen LogP contribution in [0.1, 0.15) is 66.1 Å². The van der Waals surface area contributed by atoms with Crippen molar-refractivity contribution in [3.63, 3.8) is 0 Å². The molecule has 0 saturated carbocycles. The SMILES string of the molecule is CC(C)CNC(=O)c1ccc(-n2nc(-c3ccc(C(F)(F)F)cc3)c3c2CC(C)(C)CC3=O)c([N+](=O)[O-])c1. The summed E-state index contributed by atoms with van der Waals surface area (Å²) < 4.78 is 40.6. The monoisotopic (exact) mass is 528 g/mol. The summed E-state index contributed by atoms with van der Waals surface area (Å²) in [6.07, 6.45) is -3.98. The van der Waals surface area contributed by atoms with E-state index in [1.807, 2.05) is 27.7 Å². The van der Waals surface area contributed by atoms with Gasteiger partial charge < -0.3 is 5.32 Å². The molecule has 1 aromatic heterocycles. The highest BCUT2D eigenvalue weighted by Gasteiger charge is 2.38. The first kappa shape index (κ1) is 27.0. The molecule has 1 N–H and O–H groups in total. The molecule has 0 unspecified atom stereocenters. The normalized spacial score (nSPS) is 14.9. The predicted octanol–water partition coefficient (Wildman–Crippen LogP) is 6.01. The molecular weight excluding hydrogens is 501 g/mol. The Morgan fingerprint density at radius 3 is 2.39 bits per heavy atom. The van der Waals surface area contributed by atoms with Crippen molar-refractivity contribution in [1.29, 1.82) is 0 Å². The summed E-state index contributed by atoms with van der Waals surface area (Å²) in [7, 11) is 0. The van der Waals surface area contributed by atoms with E-state index in [-0.39, 0.29) is 51.9 Å². The summed E-state index contributed by atoms with van der Waals surface area (Å²) in [4.78, 5) is 37.2. The van der Waals surface area contributed by atoms with Crippen LogP contribution in [0.3, 0.4) is 0 Å². The molecule has 0 aliphatic heterocycles. The number of rotatable bonds is 6. The molecule has 1 heterocycles. The van der Waals surface area contributed by atoms with Gasteiger partial charge >= 0.3 is 6.18 Å². The lowest BCUT2D eigenvalue weighted by Crippen LogP contribution is -2.28. The zero-order valence-electron chi connectivity index (χ0n) is 21.3. The van der Waals surface area contributed by atoms with Gasteiger partial charge in [-0.3, -0.25) is 19.7 Å². The molecule has 0 spiro atoms. The third-order valence-electron chi connectivity index (χ3n) is 6.36. The van der Waals surface area contributed by atoms with Gasteiger partial charge in [-0.15, -0.1) is 0 Å². The molecule has 11 heteroatoms. The summed E-state index contributed by atoms with van der Waals surface area (Å²) >= 11 is 0. The Morgan fingerprint density at radius 2 is 1.82 bits per heavy atom. The number of halogens is 3. The zero-order valence-corrected chi connectivity index (χ0v) is 21.3. The number of aromatic nitrogens is 2. The van der Waals surface area contributed by atoms with Gasteiger partial charge in [0.2, 0.25) is 0 Å². The van der Waals surface area contributed by atoms with Crippen LogP contribution in [0.4, 0.5) is 18.9 Å². The first-order valence-electron chi connectivity index (χ1n) is 12.1. The minimum Gasteiger partial charge on any atom is -0.352 e. The molecular formula is C27H27F3N4O4. The molecule has 1 amide bonds. The minimum absolute atomic E-state index is 0.0512. The first-order valence-corrected chi connectivity index (χ1v) is 12.1. The van der Waals surface area contributed by atoms with E-state index in [0.717, 1.165) is 18.2 Å². The van der Waals surface area contributed by atoms with Gasteiger partial charge in [0, 0.05) is 30.2 Å². The van der Waals surface area contributed by atoms with Crippen LogP contribution in [0.25, 0.3) is 16.9 Å². The quantitative estimate of drug-likeness (QED) is 0.312. The van der Waals surface area contributed by atoms with E-state index in [1.54, 1.807) is 0 Å². The second kappa shape index (κ2) is 9.70. The van der Waals surface area contributed by atoms with Crippen molar-refractivity contribution in [2.45, 2.75) is 46.7 Å². The van der Waals surface area contributed by atoms with Crippen LogP contribution >= 0.6 is 0 Å². The summed E-state index contributed by atoms with van der Waals surface area (Å²) in [6, 6.07) is 8.29. The number of hydrogen-bond donors (Lipinski definition) is 1. The first-order chi connectivity index (χ1) is 17.7. The van der Waals surface area contributed by atoms with E-state index in [1.165, 1.54) is 28.9 Å². The number of ketones is 1. The Labute approximate surface area is 217 Å². The molecule has 3 aromatic rings. The van der Waals surface area contributed by atoms with E-state index in [4.69, 9.17) is 0 Å². The number of benzene rings is 2. The summed E-state index contributed by atoms with van der Waals surface area (Å²) in [5.74, 6) is -0.518. The minimum atomic E-state index is -4.53. The molecule has 1 aliphatic carbocycles. The Hall–Kier alpha value is -4.02. The molecule has 1 aliphatic rings. The van der Waals surface area contributed by atoms with E-state index in [0.29, 0.717) is 18.7 Å². The van der Waals surface area contributed by atoms with Crippen molar-refractivity contribution >= 4 is 17.4 Å². The molecule has 38 heavy (non-hydrogen) atoms. The Kier molecular flexibility index (Phi) is 6.90. The number of nitrogens with zero attached hydrogens (tertiary/aromatic N) is 3. The lowest BCUT2D eigenvalue weighted by molar-refractivity contribution is -0.384. The summed E-state index contributed by atoms with van der Waals surface area (Å²) in [5, 5.41) is 19.3. The van der Waals surface area contributed by atoms with Crippen LogP contribution in [-0.2, 0) is 12.6 Å². The second-order valence-electron chi connectivity index (χ2n) is 10.7. The van der Waals surface area contributed by atoms with E-state index in [2.05, 4.69) is 10.4 Å². The number of fused-ring (bicyclic) bond motifs is 1. The highest BCUT2D eigenvalue weighted by molar-refractivity contribution is 6.04. The molecule has 4 rings (SSSR count). The Morgan fingerprint density at radius 1 is 1.16 bits per heavy atom. The number of amides is 1. The number of nitro benzene ring substituents is 1. The van der Waals surface area contributed by atoms with Gasteiger partial charge in [0.15, 0.2) is 5.78 Å². The average Bonchev–Trinajstić information content (AvgIpc) is 3.20. The largest absolute Gasteiger partial charge is 0.416 e. The van der Waals surface area contributed by atoms with E-state index in [9.17, 15) is 32.9 Å².